The second-order valence-electron chi connectivity index (χ2n) is 7.08. The summed E-state index contributed by atoms with van der Waals surface area (Å²) < 4.78 is 27.2. The Hall–Kier alpha value is -2.09. The van der Waals surface area contributed by atoms with E-state index in [0.29, 0.717) is 18.3 Å². The fraction of sp³-hybridized carbons (Fsp3) is 0.381. The SMILES string of the molecule is CCN1CCC[C@H]1CNC(=O)c1cc(S(=O)(=O)N(C)c2ccccc2)ccc1Cl. The lowest BCUT2D eigenvalue weighted by Gasteiger charge is -2.23. The number of likely N-dealkylation sites (N-methyl/N-ethyl adjacent to an activating group) is 1. The van der Waals surface area contributed by atoms with Gasteiger partial charge in [-0.25, -0.2) is 8.42 Å². The second-order valence-corrected chi connectivity index (χ2v) is 9.46. The van der Waals surface area contributed by atoms with E-state index in [9.17, 15) is 13.2 Å². The summed E-state index contributed by atoms with van der Waals surface area (Å²) in [5.41, 5.74) is 0.699. The van der Waals surface area contributed by atoms with Crippen LogP contribution in [0, 0.1) is 0 Å². The Morgan fingerprint density at radius 3 is 2.66 bits per heavy atom. The lowest BCUT2D eigenvalue weighted by atomic mass is 10.2. The molecule has 156 valence electrons. The molecule has 6 nitrogen and oxygen atoms in total. The van der Waals surface area contributed by atoms with Crippen molar-refractivity contribution in [1.82, 2.24) is 10.2 Å². The molecule has 1 aliphatic rings. The zero-order chi connectivity index (χ0) is 21.0. The van der Waals surface area contributed by atoms with Gasteiger partial charge in [0.05, 0.1) is 21.2 Å². The van der Waals surface area contributed by atoms with Gasteiger partial charge in [0.15, 0.2) is 0 Å². The molecule has 0 aromatic heterocycles. The normalized spacial score (nSPS) is 17.3. The van der Waals surface area contributed by atoms with Crippen LogP contribution in [-0.4, -0.2) is 51.9 Å². The molecule has 1 amide bonds. The lowest BCUT2D eigenvalue weighted by molar-refractivity contribution is 0.0941. The number of nitrogens with one attached hydrogen (secondary N) is 1. The molecule has 1 heterocycles. The fourth-order valence-electron chi connectivity index (χ4n) is 3.62. The van der Waals surface area contributed by atoms with E-state index in [0.717, 1.165) is 25.9 Å². The maximum Gasteiger partial charge on any atom is 0.264 e. The highest BCUT2D eigenvalue weighted by molar-refractivity contribution is 7.92. The topological polar surface area (TPSA) is 69.7 Å². The quantitative estimate of drug-likeness (QED) is 0.723. The maximum absolute atomic E-state index is 13.0. The number of carbonyl (C=O) groups is 1. The van der Waals surface area contributed by atoms with Crippen molar-refractivity contribution >= 4 is 33.2 Å². The summed E-state index contributed by atoms with van der Waals surface area (Å²) in [7, 11) is -2.34. The number of hydrogen-bond acceptors (Lipinski definition) is 4. The van der Waals surface area contributed by atoms with Gasteiger partial charge in [0.2, 0.25) is 0 Å². The maximum atomic E-state index is 13.0. The summed E-state index contributed by atoms with van der Waals surface area (Å²) in [6.45, 7) is 4.61. The number of likely N-dealkylation sites (tertiary alicyclic amines) is 1. The van der Waals surface area contributed by atoms with Crippen LogP contribution in [-0.2, 0) is 10.0 Å². The minimum absolute atomic E-state index is 0.0226. The zero-order valence-corrected chi connectivity index (χ0v) is 18.2. The number of rotatable bonds is 7. The van der Waals surface area contributed by atoms with Crippen LogP contribution in [0.25, 0.3) is 0 Å². The molecule has 1 aliphatic heterocycles. The van der Waals surface area contributed by atoms with E-state index >= 15 is 0 Å². The average molecular weight is 436 g/mol. The summed E-state index contributed by atoms with van der Waals surface area (Å²) in [6.07, 6.45) is 2.16. The number of amides is 1. The van der Waals surface area contributed by atoms with Crippen molar-refractivity contribution in [3.8, 4) is 0 Å². The molecule has 0 unspecified atom stereocenters. The van der Waals surface area contributed by atoms with Gasteiger partial charge in [0.1, 0.15) is 0 Å². The van der Waals surface area contributed by atoms with Crippen LogP contribution >= 0.6 is 11.6 Å². The largest absolute Gasteiger partial charge is 0.350 e. The van der Waals surface area contributed by atoms with Gasteiger partial charge in [0, 0.05) is 19.6 Å². The van der Waals surface area contributed by atoms with E-state index in [-0.39, 0.29) is 21.4 Å². The molecule has 1 saturated heterocycles. The highest BCUT2D eigenvalue weighted by Crippen LogP contribution is 2.26. The van der Waals surface area contributed by atoms with Gasteiger partial charge < -0.3 is 5.32 Å². The number of halogens is 1. The third kappa shape index (κ3) is 4.74. The van der Waals surface area contributed by atoms with Crippen LogP contribution < -0.4 is 9.62 Å². The molecule has 8 heteroatoms. The van der Waals surface area contributed by atoms with Crippen molar-refractivity contribution in [3.05, 3.63) is 59.1 Å². The first kappa shape index (κ1) is 21.6. The molecule has 3 rings (SSSR count). The van der Waals surface area contributed by atoms with Crippen LogP contribution in [0.2, 0.25) is 5.02 Å². The Labute approximate surface area is 177 Å². The minimum Gasteiger partial charge on any atom is -0.350 e. The zero-order valence-electron chi connectivity index (χ0n) is 16.6. The van der Waals surface area contributed by atoms with Gasteiger partial charge in [-0.05, 0) is 56.3 Å². The molecule has 0 aliphatic carbocycles. The summed E-state index contributed by atoms with van der Waals surface area (Å²) in [5.74, 6) is -0.364. The van der Waals surface area contributed by atoms with Gasteiger partial charge in [-0.2, -0.15) is 0 Å². The van der Waals surface area contributed by atoms with Gasteiger partial charge in [-0.15, -0.1) is 0 Å². The van der Waals surface area contributed by atoms with E-state index in [2.05, 4.69) is 17.1 Å². The van der Waals surface area contributed by atoms with Crippen molar-refractivity contribution in [2.75, 3.05) is 31.0 Å². The third-order valence-electron chi connectivity index (χ3n) is 5.36. The molecule has 0 saturated carbocycles. The summed E-state index contributed by atoms with van der Waals surface area (Å²) in [5, 5.41) is 3.14. The number of anilines is 1. The monoisotopic (exact) mass is 435 g/mol. The van der Waals surface area contributed by atoms with Crippen molar-refractivity contribution in [1.29, 1.82) is 0 Å². The summed E-state index contributed by atoms with van der Waals surface area (Å²) >= 11 is 6.21. The van der Waals surface area contributed by atoms with Crippen molar-refractivity contribution in [2.45, 2.75) is 30.7 Å². The fourth-order valence-corrected chi connectivity index (χ4v) is 5.05. The Bertz CT molecular complexity index is 966. The summed E-state index contributed by atoms with van der Waals surface area (Å²) in [6, 6.07) is 13.3. The first-order chi connectivity index (χ1) is 13.8. The Morgan fingerprint density at radius 2 is 1.97 bits per heavy atom. The molecular weight excluding hydrogens is 410 g/mol. The molecule has 0 bridgehead atoms. The van der Waals surface area contributed by atoms with Gasteiger partial charge >= 0.3 is 0 Å². The van der Waals surface area contributed by atoms with E-state index < -0.39 is 10.0 Å². The van der Waals surface area contributed by atoms with Crippen molar-refractivity contribution < 1.29 is 13.2 Å². The number of hydrogen-bond donors (Lipinski definition) is 1. The van der Waals surface area contributed by atoms with Gasteiger partial charge in [-0.1, -0.05) is 36.7 Å². The molecule has 2 aromatic carbocycles. The number of sulfonamides is 1. The average Bonchev–Trinajstić information content (AvgIpc) is 3.19. The lowest BCUT2D eigenvalue weighted by Crippen LogP contribution is -2.40. The smallest absolute Gasteiger partial charge is 0.264 e. The standard InChI is InChI=1S/C21H26ClN3O3S/c1-3-25-13-7-10-17(25)15-23-21(26)19-14-18(11-12-20(19)22)29(27,28)24(2)16-8-5-4-6-9-16/h4-6,8-9,11-12,14,17H,3,7,10,13,15H2,1-2H3,(H,23,26)/t17-/m0/s1. The third-order valence-corrected chi connectivity index (χ3v) is 7.48. The van der Waals surface area contributed by atoms with E-state index in [4.69, 9.17) is 11.6 Å². The second kappa shape index (κ2) is 9.15. The predicted octanol–water partition coefficient (Wildman–Crippen LogP) is 3.38. The van der Waals surface area contributed by atoms with Crippen LogP contribution in [0.4, 0.5) is 5.69 Å². The van der Waals surface area contributed by atoms with Crippen LogP contribution in [0.5, 0.6) is 0 Å². The predicted molar refractivity (Wildman–Crippen MR) is 116 cm³/mol. The molecule has 0 radical (unpaired) electrons. The van der Waals surface area contributed by atoms with Crippen LogP contribution in [0.1, 0.15) is 30.1 Å². The highest BCUT2D eigenvalue weighted by atomic mass is 35.5. The Kier molecular flexibility index (Phi) is 6.82. The Morgan fingerprint density at radius 1 is 1.24 bits per heavy atom. The van der Waals surface area contributed by atoms with Crippen molar-refractivity contribution in [3.63, 3.8) is 0 Å². The number of carbonyl (C=O) groups excluding carboxylic acids is 1. The van der Waals surface area contributed by atoms with Crippen LogP contribution in [0.15, 0.2) is 53.4 Å². The molecule has 2 aromatic rings. The van der Waals surface area contributed by atoms with E-state index in [1.54, 1.807) is 24.3 Å². The summed E-state index contributed by atoms with van der Waals surface area (Å²) in [4.78, 5) is 15.1. The molecule has 29 heavy (non-hydrogen) atoms. The Balaban J connectivity index is 1.79. The molecule has 1 fully saturated rings. The number of para-hydroxylation sites is 1. The van der Waals surface area contributed by atoms with Crippen LogP contribution in [0.3, 0.4) is 0 Å². The molecule has 1 N–H and O–H groups in total. The molecule has 1 atom stereocenters. The van der Waals surface area contributed by atoms with Gasteiger partial charge in [0.25, 0.3) is 15.9 Å². The minimum atomic E-state index is -3.82. The first-order valence-corrected chi connectivity index (χ1v) is 11.5. The van der Waals surface area contributed by atoms with E-state index in [1.165, 1.54) is 29.6 Å². The highest BCUT2D eigenvalue weighted by Gasteiger charge is 2.26. The number of nitrogens with zero attached hydrogens (tertiary/aromatic N) is 2. The van der Waals surface area contributed by atoms with Gasteiger partial charge in [-0.3, -0.25) is 14.0 Å². The van der Waals surface area contributed by atoms with E-state index in [1.807, 2.05) is 6.07 Å². The van der Waals surface area contributed by atoms with Crippen molar-refractivity contribution in [2.24, 2.45) is 0 Å². The first-order valence-electron chi connectivity index (χ1n) is 9.70. The number of benzene rings is 2. The molecular formula is C21H26ClN3O3S. The molecule has 0 spiro atoms.